The summed E-state index contributed by atoms with van der Waals surface area (Å²) in [6.45, 7) is 12.3. The Labute approximate surface area is 105 Å². The summed E-state index contributed by atoms with van der Waals surface area (Å²) in [4.78, 5) is 16.3. The number of rotatable bonds is 6. The molecule has 0 aromatic heterocycles. The van der Waals surface area contributed by atoms with E-state index in [1.54, 1.807) is 0 Å². The van der Waals surface area contributed by atoms with E-state index in [0.717, 1.165) is 26.2 Å². The van der Waals surface area contributed by atoms with Gasteiger partial charge in [0.1, 0.15) is 0 Å². The molecule has 0 aromatic carbocycles. The molecular formula is C13H26N2O2. The van der Waals surface area contributed by atoms with Crippen LogP contribution in [0, 0.1) is 0 Å². The van der Waals surface area contributed by atoms with Crippen LogP contribution in [0.15, 0.2) is 0 Å². The molecule has 0 aliphatic carbocycles. The van der Waals surface area contributed by atoms with Crippen LogP contribution < -0.4 is 0 Å². The van der Waals surface area contributed by atoms with Gasteiger partial charge in [0.2, 0.25) is 0 Å². The van der Waals surface area contributed by atoms with E-state index in [1.807, 2.05) is 6.92 Å². The fraction of sp³-hybridized carbons (Fsp3) is 0.923. The van der Waals surface area contributed by atoms with E-state index in [-0.39, 0.29) is 5.97 Å². The van der Waals surface area contributed by atoms with Crippen molar-refractivity contribution in [3.05, 3.63) is 0 Å². The van der Waals surface area contributed by atoms with Gasteiger partial charge in [-0.05, 0) is 26.8 Å². The largest absolute Gasteiger partial charge is 0.466 e. The molecule has 0 N–H and O–H groups in total. The monoisotopic (exact) mass is 242 g/mol. The molecule has 1 aliphatic rings. The predicted molar refractivity (Wildman–Crippen MR) is 69.0 cm³/mol. The first-order chi connectivity index (χ1) is 8.17. The normalized spacial score (nSPS) is 20.2. The van der Waals surface area contributed by atoms with Crippen LogP contribution in [0.4, 0.5) is 0 Å². The third-order valence-corrected chi connectivity index (χ3v) is 3.34. The van der Waals surface area contributed by atoms with E-state index >= 15 is 0 Å². The average molecular weight is 242 g/mol. The van der Waals surface area contributed by atoms with Gasteiger partial charge in [-0.1, -0.05) is 6.92 Å². The summed E-state index contributed by atoms with van der Waals surface area (Å²) in [5, 5.41) is 0. The molecule has 1 saturated heterocycles. The summed E-state index contributed by atoms with van der Waals surface area (Å²) < 4.78 is 4.99. The molecule has 1 unspecified atom stereocenters. The molecule has 1 aliphatic heterocycles. The highest BCUT2D eigenvalue weighted by molar-refractivity contribution is 5.70. The summed E-state index contributed by atoms with van der Waals surface area (Å²) in [5.41, 5.74) is 0. The summed E-state index contributed by atoms with van der Waals surface area (Å²) >= 11 is 0. The third kappa shape index (κ3) is 5.04. The number of carbonyl (C=O) groups is 1. The lowest BCUT2D eigenvalue weighted by molar-refractivity contribution is -0.144. The van der Waals surface area contributed by atoms with Crippen molar-refractivity contribution in [1.29, 1.82) is 0 Å². The van der Waals surface area contributed by atoms with Crippen LogP contribution in [0.1, 0.15) is 33.6 Å². The minimum absolute atomic E-state index is 0.0732. The number of esters is 1. The van der Waals surface area contributed by atoms with Crippen molar-refractivity contribution >= 4 is 5.97 Å². The standard InChI is InChI=1S/C13H26N2O2/c1-4-6-14-7-9-15(10-8-14)12(3)11-13(16)17-5-2/h12H,4-11H2,1-3H3. The Bertz CT molecular complexity index is 225. The number of ether oxygens (including phenoxy) is 1. The van der Waals surface area contributed by atoms with E-state index in [2.05, 4.69) is 23.6 Å². The van der Waals surface area contributed by atoms with E-state index in [4.69, 9.17) is 4.74 Å². The molecule has 0 bridgehead atoms. The zero-order valence-electron chi connectivity index (χ0n) is 11.4. The lowest BCUT2D eigenvalue weighted by Crippen LogP contribution is -2.50. The van der Waals surface area contributed by atoms with Crippen molar-refractivity contribution in [1.82, 2.24) is 9.80 Å². The number of carbonyl (C=O) groups excluding carboxylic acids is 1. The molecule has 1 fully saturated rings. The second kappa shape index (κ2) is 7.67. The molecular weight excluding hydrogens is 216 g/mol. The third-order valence-electron chi connectivity index (χ3n) is 3.34. The molecule has 100 valence electrons. The molecule has 4 heteroatoms. The number of hydrogen-bond acceptors (Lipinski definition) is 4. The van der Waals surface area contributed by atoms with E-state index in [1.165, 1.54) is 13.0 Å². The molecule has 0 radical (unpaired) electrons. The lowest BCUT2D eigenvalue weighted by atomic mass is 10.1. The van der Waals surface area contributed by atoms with Gasteiger partial charge in [0.25, 0.3) is 0 Å². The van der Waals surface area contributed by atoms with Crippen LogP contribution in [-0.4, -0.2) is 61.1 Å². The first kappa shape index (κ1) is 14.5. The molecule has 17 heavy (non-hydrogen) atoms. The van der Waals surface area contributed by atoms with Gasteiger partial charge in [-0.2, -0.15) is 0 Å². The fourth-order valence-electron chi connectivity index (χ4n) is 2.33. The molecule has 1 heterocycles. The highest BCUT2D eigenvalue weighted by Crippen LogP contribution is 2.10. The van der Waals surface area contributed by atoms with Crippen LogP contribution >= 0.6 is 0 Å². The van der Waals surface area contributed by atoms with E-state index < -0.39 is 0 Å². The van der Waals surface area contributed by atoms with Crippen molar-refractivity contribution in [2.45, 2.75) is 39.7 Å². The van der Waals surface area contributed by atoms with Gasteiger partial charge in [-0.25, -0.2) is 0 Å². The molecule has 1 rings (SSSR count). The van der Waals surface area contributed by atoms with Gasteiger partial charge < -0.3 is 9.64 Å². The summed E-state index contributed by atoms with van der Waals surface area (Å²) in [7, 11) is 0. The maximum atomic E-state index is 11.4. The Kier molecular flexibility index (Phi) is 6.52. The van der Waals surface area contributed by atoms with Crippen molar-refractivity contribution in [3.63, 3.8) is 0 Å². The summed E-state index contributed by atoms with van der Waals surface area (Å²) in [5.74, 6) is -0.0732. The van der Waals surface area contributed by atoms with Crippen LogP contribution in [0.25, 0.3) is 0 Å². The number of nitrogens with zero attached hydrogens (tertiary/aromatic N) is 2. The Morgan fingerprint density at radius 2 is 1.88 bits per heavy atom. The van der Waals surface area contributed by atoms with Crippen LogP contribution in [0.5, 0.6) is 0 Å². The van der Waals surface area contributed by atoms with Crippen molar-refractivity contribution in [3.8, 4) is 0 Å². The number of piperazine rings is 1. The lowest BCUT2D eigenvalue weighted by Gasteiger charge is -2.37. The maximum Gasteiger partial charge on any atom is 0.307 e. The van der Waals surface area contributed by atoms with Gasteiger partial charge in [0.05, 0.1) is 13.0 Å². The van der Waals surface area contributed by atoms with Crippen molar-refractivity contribution in [2.24, 2.45) is 0 Å². The van der Waals surface area contributed by atoms with Gasteiger partial charge in [0.15, 0.2) is 0 Å². The fourth-order valence-corrected chi connectivity index (χ4v) is 2.33. The minimum Gasteiger partial charge on any atom is -0.466 e. The Morgan fingerprint density at radius 1 is 1.24 bits per heavy atom. The van der Waals surface area contributed by atoms with Crippen LogP contribution in [0.3, 0.4) is 0 Å². The van der Waals surface area contributed by atoms with Crippen molar-refractivity contribution < 1.29 is 9.53 Å². The Morgan fingerprint density at radius 3 is 2.41 bits per heavy atom. The van der Waals surface area contributed by atoms with Crippen LogP contribution in [-0.2, 0) is 9.53 Å². The maximum absolute atomic E-state index is 11.4. The first-order valence-electron chi connectivity index (χ1n) is 6.79. The van der Waals surface area contributed by atoms with Gasteiger partial charge in [-0.15, -0.1) is 0 Å². The van der Waals surface area contributed by atoms with E-state index in [9.17, 15) is 4.79 Å². The molecule has 0 amide bonds. The molecule has 0 aromatic rings. The first-order valence-corrected chi connectivity index (χ1v) is 6.79. The predicted octanol–water partition coefficient (Wildman–Crippen LogP) is 1.36. The van der Waals surface area contributed by atoms with E-state index in [0.29, 0.717) is 19.1 Å². The topological polar surface area (TPSA) is 32.8 Å². The Hall–Kier alpha value is -0.610. The van der Waals surface area contributed by atoms with Gasteiger partial charge in [0, 0.05) is 32.2 Å². The average Bonchev–Trinajstić information content (AvgIpc) is 2.30. The Balaban J connectivity index is 2.25. The van der Waals surface area contributed by atoms with Gasteiger partial charge >= 0.3 is 5.97 Å². The second-order valence-corrected chi connectivity index (χ2v) is 4.74. The molecule has 0 spiro atoms. The minimum atomic E-state index is -0.0732. The van der Waals surface area contributed by atoms with Crippen molar-refractivity contribution in [2.75, 3.05) is 39.3 Å². The highest BCUT2D eigenvalue weighted by atomic mass is 16.5. The second-order valence-electron chi connectivity index (χ2n) is 4.74. The van der Waals surface area contributed by atoms with Crippen LogP contribution in [0.2, 0.25) is 0 Å². The molecule has 1 atom stereocenters. The summed E-state index contributed by atoms with van der Waals surface area (Å²) in [6, 6.07) is 0.304. The summed E-state index contributed by atoms with van der Waals surface area (Å²) in [6.07, 6.45) is 1.74. The molecule has 0 saturated carbocycles. The smallest absolute Gasteiger partial charge is 0.307 e. The quantitative estimate of drug-likeness (QED) is 0.658. The number of hydrogen-bond donors (Lipinski definition) is 0. The zero-order chi connectivity index (χ0) is 12.7. The SMILES string of the molecule is CCCN1CCN(C(C)CC(=O)OCC)CC1. The van der Waals surface area contributed by atoms with Gasteiger partial charge in [-0.3, -0.25) is 9.69 Å². The molecule has 4 nitrogen and oxygen atoms in total. The zero-order valence-corrected chi connectivity index (χ0v) is 11.4. The highest BCUT2D eigenvalue weighted by Gasteiger charge is 2.22.